The third-order valence-electron chi connectivity index (χ3n) is 2.47. The minimum atomic E-state index is -2.78. The zero-order chi connectivity index (χ0) is 14.7. The number of benzene rings is 1. The average molecular weight is 280 g/mol. The van der Waals surface area contributed by atoms with Gasteiger partial charge in [-0.2, -0.15) is 13.9 Å². The molecule has 0 spiro atoms. The molecule has 2 aromatic rings. The number of carbonyl (C=O) groups is 2. The van der Waals surface area contributed by atoms with Crippen LogP contribution in [0.5, 0.6) is 0 Å². The molecule has 0 atom stereocenters. The van der Waals surface area contributed by atoms with Crippen LogP contribution in [-0.2, 0) is 0 Å². The Kier molecular flexibility index (Phi) is 3.74. The second-order valence-corrected chi connectivity index (χ2v) is 3.89. The van der Waals surface area contributed by atoms with Gasteiger partial charge in [0.25, 0.3) is 5.91 Å². The molecule has 0 aliphatic carbocycles. The van der Waals surface area contributed by atoms with Gasteiger partial charge in [-0.15, -0.1) is 0 Å². The molecular weight excluding hydrogens is 270 g/mol. The molecule has 0 saturated heterocycles. The van der Waals surface area contributed by atoms with E-state index in [0.29, 0.717) is 4.68 Å². The smallest absolute Gasteiger partial charge is 0.333 e. The summed E-state index contributed by atoms with van der Waals surface area (Å²) in [6.07, 6.45) is 2.10. The normalized spacial score (nSPS) is 10.6. The van der Waals surface area contributed by atoms with E-state index in [4.69, 9.17) is 5.73 Å². The molecule has 0 fully saturated rings. The Bertz CT molecular complexity index is 654. The number of rotatable bonds is 4. The fourth-order valence-electron chi connectivity index (χ4n) is 1.53. The molecule has 8 heteroatoms. The van der Waals surface area contributed by atoms with E-state index in [1.165, 1.54) is 24.3 Å². The van der Waals surface area contributed by atoms with Gasteiger partial charge >= 0.3 is 6.55 Å². The van der Waals surface area contributed by atoms with Crippen LogP contribution in [0.2, 0.25) is 0 Å². The van der Waals surface area contributed by atoms with Crippen molar-refractivity contribution in [3.8, 4) is 0 Å². The zero-order valence-electron chi connectivity index (χ0n) is 10.1. The summed E-state index contributed by atoms with van der Waals surface area (Å²) in [5.41, 5.74) is 5.60. The number of nitrogens with one attached hydrogen (secondary N) is 1. The summed E-state index contributed by atoms with van der Waals surface area (Å²) < 4.78 is 25.0. The zero-order valence-corrected chi connectivity index (χ0v) is 10.1. The molecule has 1 aromatic heterocycles. The highest BCUT2D eigenvalue weighted by Gasteiger charge is 2.12. The second kappa shape index (κ2) is 5.47. The SMILES string of the molecule is NC(=O)c1cccc(C(=O)Nc2cnn(C(F)F)c2)c1. The van der Waals surface area contributed by atoms with Crippen molar-refractivity contribution < 1.29 is 18.4 Å². The third-order valence-corrected chi connectivity index (χ3v) is 2.47. The first kappa shape index (κ1) is 13.7. The van der Waals surface area contributed by atoms with Gasteiger partial charge < -0.3 is 11.1 Å². The van der Waals surface area contributed by atoms with Gasteiger partial charge in [-0.1, -0.05) is 6.07 Å². The summed E-state index contributed by atoms with van der Waals surface area (Å²) in [6.45, 7) is -2.78. The van der Waals surface area contributed by atoms with Crippen molar-refractivity contribution in [1.82, 2.24) is 9.78 Å². The largest absolute Gasteiger partial charge is 0.366 e. The van der Waals surface area contributed by atoms with Crippen molar-refractivity contribution in [2.75, 3.05) is 5.32 Å². The highest BCUT2D eigenvalue weighted by molar-refractivity contribution is 6.05. The van der Waals surface area contributed by atoms with Crippen LogP contribution in [0.4, 0.5) is 14.5 Å². The topological polar surface area (TPSA) is 90.0 Å². The number of halogens is 2. The molecule has 0 radical (unpaired) electrons. The van der Waals surface area contributed by atoms with Crippen molar-refractivity contribution in [2.24, 2.45) is 5.73 Å². The van der Waals surface area contributed by atoms with Gasteiger partial charge in [0.15, 0.2) is 0 Å². The number of primary amides is 1. The van der Waals surface area contributed by atoms with Crippen LogP contribution in [0.15, 0.2) is 36.7 Å². The van der Waals surface area contributed by atoms with Crippen LogP contribution < -0.4 is 11.1 Å². The first-order valence-corrected chi connectivity index (χ1v) is 5.51. The number of carbonyl (C=O) groups excluding carboxylic acids is 2. The summed E-state index contributed by atoms with van der Waals surface area (Å²) in [6, 6.07) is 5.75. The van der Waals surface area contributed by atoms with E-state index in [-0.39, 0.29) is 16.8 Å². The molecule has 0 bridgehead atoms. The Morgan fingerprint density at radius 1 is 1.30 bits per heavy atom. The minimum absolute atomic E-state index is 0.125. The Labute approximate surface area is 112 Å². The second-order valence-electron chi connectivity index (χ2n) is 3.89. The maximum Gasteiger partial charge on any atom is 0.333 e. The Morgan fingerprint density at radius 3 is 2.60 bits per heavy atom. The lowest BCUT2D eigenvalue weighted by Gasteiger charge is -2.03. The molecule has 2 amide bonds. The molecule has 0 unspecified atom stereocenters. The third kappa shape index (κ3) is 2.97. The van der Waals surface area contributed by atoms with Gasteiger partial charge in [0.1, 0.15) is 0 Å². The lowest BCUT2D eigenvalue weighted by molar-refractivity contribution is 0.0566. The number of nitrogens with two attached hydrogens (primary N) is 1. The fraction of sp³-hybridized carbons (Fsp3) is 0.0833. The van der Waals surface area contributed by atoms with E-state index in [1.807, 2.05) is 0 Å². The highest BCUT2D eigenvalue weighted by Crippen LogP contribution is 2.14. The van der Waals surface area contributed by atoms with E-state index < -0.39 is 18.4 Å². The monoisotopic (exact) mass is 280 g/mol. The molecule has 0 aliphatic heterocycles. The molecule has 20 heavy (non-hydrogen) atoms. The molecule has 1 heterocycles. The van der Waals surface area contributed by atoms with Crippen molar-refractivity contribution >= 4 is 17.5 Å². The molecule has 0 aliphatic rings. The van der Waals surface area contributed by atoms with Crippen molar-refractivity contribution in [3.05, 3.63) is 47.8 Å². The number of nitrogens with zero attached hydrogens (tertiary/aromatic N) is 2. The molecule has 6 nitrogen and oxygen atoms in total. The number of anilines is 1. The van der Waals surface area contributed by atoms with Crippen molar-refractivity contribution in [3.63, 3.8) is 0 Å². The Balaban J connectivity index is 2.15. The van der Waals surface area contributed by atoms with Gasteiger partial charge in [-0.25, -0.2) is 4.68 Å². The quantitative estimate of drug-likeness (QED) is 0.891. The predicted molar refractivity (Wildman–Crippen MR) is 66.4 cm³/mol. The fourth-order valence-corrected chi connectivity index (χ4v) is 1.53. The van der Waals surface area contributed by atoms with E-state index in [1.54, 1.807) is 0 Å². The average Bonchev–Trinajstić information content (AvgIpc) is 2.87. The van der Waals surface area contributed by atoms with E-state index in [0.717, 1.165) is 12.4 Å². The first-order valence-electron chi connectivity index (χ1n) is 5.51. The summed E-state index contributed by atoms with van der Waals surface area (Å²) in [5, 5.41) is 5.78. The summed E-state index contributed by atoms with van der Waals surface area (Å²) in [7, 11) is 0. The van der Waals surface area contributed by atoms with Gasteiger partial charge in [0, 0.05) is 11.1 Å². The van der Waals surface area contributed by atoms with Gasteiger partial charge in [0.2, 0.25) is 5.91 Å². The summed E-state index contributed by atoms with van der Waals surface area (Å²) in [5.74, 6) is -1.22. The van der Waals surface area contributed by atoms with E-state index in [2.05, 4.69) is 10.4 Å². The maximum atomic E-state index is 12.3. The Morgan fingerprint density at radius 2 is 2.00 bits per heavy atom. The van der Waals surface area contributed by atoms with Crippen LogP contribution in [-0.4, -0.2) is 21.6 Å². The minimum Gasteiger partial charge on any atom is -0.366 e. The lowest BCUT2D eigenvalue weighted by Crippen LogP contribution is -2.15. The van der Waals surface area contributed by atoms with Gasteiger partial charge in [-0.05, 0) is 18.2 Å². The van der Waals surface area contributed by atoms with Crippen molar-refractivity contribution in [2.45, 2.75) is 6.55 Å². The number of amides is 2. The first-order chi connectivity index (χ1) is 9.47. The van der Waals surface area contributed by atoms with Gasteiger partial charge in [-0.3, -0.25) is 9.59 Å². The van der Waals surface area contributed by atoms with Crippen LogP contribution >= 0.6 is 0 Å². The summed E-state index contributed by atoms with van der Waals surface area (Å²) >= 11 is 0. The molecule has 2 rings (SSSR count). The van der Waals surface area contributed by atoms with Crippen LogP contribution in [0, 0.1) is 0 Å². The molecule has 1 aromatic carbocycles. The standard InChI is InChI=1S/C12H10F2N4O2/c13-12(14)18-6-9(5-16-18)17-11(20)8-3-1-2-7(4-8)10(15)19/h1-6,12H,(H2,15,19)(H,17,20). The van der Waals surface area contributed by atoms with Gasteiger partial charge in [0.05, 0.1) is 18.1 Å². The lowest BCUT2D eigenvalue weighted by atomic mass is 10.1. The predicted octanol–water partition coefficient (Wildman–Crippen LogP) is 1.63. The van der Waals surface area contributed by atoms with E-state index in [9.17, 15) is 18.4 Å². The van der Waals surface area contributed by atoms with Crippen molar-refractivity contribution in [1.29, 1.82) is 0 Å². The maximum absolute atomic E-state index is 12.3. The van der Waals surface area contributed by atoms with Crippen LogP contribution in [0.1, 0.15) is 27.3 Å². The highest BCUT2D eigenvalue weighted by atomic mass is 19.3. The number of alkyl halides is 2. The summed E-state index contributed by atoms with van der Waals surface area (Å²) in [4.78, 5) is 22.9. The molecule has 3 N–H and O–H groups in total. The van der Waals surface area contributed by atoms with Crippen LogP contribution in [0.25, 0.3) is 0 Å². The number of hydrogen-bond acceptors (Lipinski definition) is 3. The molecule has 0 saturated carbocycles. The number of aromatic nitrogens is 2. The molecule has 104 valence electrons. The molecular formula is C12H10F2N4O2. The van der Waals surface area contributed by atoms with E-state index >= 15 is 0 Å². The Hall–Kier alpha value is -2.77. The van der Waals surface area contributed by atoms with Crippen LogP contribution in [0.3, 0.4) is 0 Å². The number of hydrogen-bond donors (Lipinski definition) is 2.